The number of ketones is 2. The quantitative estimate of drug-likeness (QED) is 0.128. The first-order chi connectivity index (χ1) is 20.5. The van der Waals surface area contributed by atoms with E-state index in [9.17, 15) is 14.4 Å². The van der Waals surface area contributed by atoms with Crippen LogP contribution in [-0.4, -0.2) is 23.6 Å². The molecule has 0 radical (unpaired) electrons. The summed E-state index contributed by atoms with van der Waals surface area (Å²) < 4.78 is 6.14. The molecule has 6 heteroatoms. The minimum atomic E-state index is -0.502. The Morgan fingerprint density at radius 1 is 0.929 bits per heavy atom. The van der Waals surface area contributed by atoms with Gasteiger partial charge in [-0.2, -0.15) is 0 Å². The summed E-state index contributed by atoms with van der Waals surface area (Å²) in [6.07, 6.45) is 10.3. The van der Waals surface area contributed by atoms with E-state index in [1.165, 1.54) is 50.3 Å². The van der Waals surface area contributed by atoms with Crippen molar-refractivity contribution < 1.29 is 19.1 Å². The highest BCUT2D eigenvalue weighted by Crippen LogP contribution is 2.47. The van der Waals surface area contributed by atoms with Crippen molar-refractivity contribution in [3.05, 3.63) is 94.0 Å². The van der Waals surface area contributed by atoms with Gasteiger partial charge in [-0.1, -0.05) is 100 Å². The molecular formula is C36H39NO4S. The molecule has 5 nitrogen and oxygen atoms in total. The largest absolute Gasteiger partial charge is 0.459 e. The van der Waals surface area contributed by atoms with Crippen LogP contribution < -0.4 is 5.73 Å². The van der Waals surface area contributed by atoms with Crippen molar-refractivity contribution in [2.45, 2.75) is 81.5 Å². The molecule has 3 aromatic carbocycles. The van der Waals surface area contributed by atoms with E-state index < -0.39 is 5.97 Å². The van der Waals surface area contributed by atoms with Crippen LogP contribution in [0.3, 0.4) is 0 Å². The standard InChI is InChI=1S/C36H39NO4S/c1-2-3-12-23-13-9-14-24-19-25(17-18-26(23)24)41-36(40)29-20-30(42-21-22-10-5-4-6-11-22)31-32(33(29)37)35(39)28-16-8-7-15-27(28)34(31)38/h4-8,10-11,15-16,20,23-26H,2-3,9,12-14,17-19,21,37H2,1H3. The number of carbonyl (C=O) groups excluding carboxylic acids is 3. The van der Waals surface area contributed by atoms with Gasteiger partial charge in [-0.25, -0.2) is 4.79 Å². The normalized spacial score (nSPS) is 23.1. The van der Waals surface area contributed by atoms with Crippen molar-refractivity contribution in [3.63, 3.8) is 0 Å². The number of hydrogen-bond donors (Lipinski definition) is 1. The van der Waals surface area contributed by atoms with Gasteiger partial charge in [-0.15, -0.1) is 11.8 Å². The molecule has 0 amide bonds. The van der Waals surface area contributed by atoms with Gasteiger partial charge in [0, 0.05) is 27.3 Å². The smallest absolute Gasteiger partial charge is 0.340 e. The van der Waals surface area contributed by atoms with E-state index in [1.54, 1.807) is 30.3 Å². The molecule has 0 spiro atoms. The first-order valence-corrected chi connectivity index (χ1v) is 16.5. The Morgan fingerprint density at radius 3 is 2.38 bits per heavy atom. The minimum absolute atomic E-state index is 0.0397. The number of carbonyl (C=O) groups is 3. The van der Waals surface area contributed by atoms with Crippen molar-refractivity contribution >= 4 is 35.0 Å². The summed E-state index contributed by atoms with van der Waals surface area (Å²) in [5.41, 5.74) is 8.98. The van der Waals surface area contributed by atoms with Gasteiger partial charge >= 0.3 is 5.97 Å². The summed E-state index contributed by atoms with van der Waals surface area (Å²) in [5.74, 6) is 1.65. The van der Waals surface area contributed by atoms with Gasteiger partial charge in [0.1, 0.15) is 6.10 Å². The Labute approximate surface area is 252 Å². The van der Waals surface area contributed by atoms with Crippen LogP contribution in [0.1, 0.15) is 112 Å². The Kier molecular flexibility index (Phi) is 8.53. The van der Waals surface area contributed by atoms with Crippen molar-refractivity contribution in [1.29, 1.82) is 0 Å². The van der Waals surface area contributed by atoms with Gasteiger partial charge in [-0.3, -0.25) is 9.59 Å². The molecule has 3 aliphatic carbocycles. The third-order valence-electron chi connectivity index (χ3n) is 9.61. The molecule has 218 valence electrons. The molecule has 2 saturated carbocycles. The van der Waals surface area contributed by atoms with E-state index in [-0.39, 0.29) is 40.0 Å². The van der Waals surface area contributed by atoms with Crippen LogP contribution >= 0.6 is 11.8 Å². The minimum Gasteiger partial charge on any atom is -0.459 e. The lowest BCUT2D eigenvalue weighted by atomic mass is 9.64. The van der Waals surface area contributed by atoms with Gasteiger partial charge in [-0.05, 0) is 48.6 Å². The topological polar surface area (TPSA) is 86.5 Å². The SMILES string of the molecule is CCCCC1CCCC2CC(OC(=O)c3cc(SCc4ccccc4)c4c(c3N)C(=O)c3ccccc3C4=O)CCC12. The number of rotatable bonds is 8. The van der Waals surface area contributed by atoms with Crippen molar-refractivity contribution in [1.82, 2.24) is 0 Å². The average molecular weight is 582 g/mol. The predicted octanol–water partition coefficient (Wildman–Crippen LogP) is 8.27. The number of benzene rings is 3. The molecule has 4 atom stereocenters. The summed E-state index contributed by atoms with van der Waals surface area (Å²) in [5, 5.41) is 0. The fourth-order valence-electron chi connectivity index (χ4n) is 7.50. The molecule has 2 N–H and O–H groups in total. The van der Waals surface area contributed by atoms with Crippen LogP contribution in [0.5, 0.6) is 0 Å². The summed E-state index contributed by atoms with van der Waals surface area (Å²) in [7, 11) is 0. The zero-order valence-corrected chi connectivity index (χ0v) is 25.1. The maximum Gasteiger partial charge on any atom is 0.340 e. The van der Waals surface area contributed by atoms with Gasteiger partial charge in [0.05, 0.1) is 16.8 Å². The maximum absolute atomic E-state index is 13.7. The Hall–Kier alpha value is -3.38. The van der Waals surface area contributed by atoms with Crippen LogP contribution in [0.15, 0.2) is 65.6 Å². The van der Waals surface area contributed by atoms with Gasteiger partial charge in [0.25, 0.3) is 0 Å². The molecule has 4 unspecified atom stereocenters. The number of hydrogen-bond acceptors (Lipinski definition) is 6. The van der Waals surface area contributed by atoms with E-state index in [4.69, 9.17) is 10.5 Å². The highest BCUT2D eigenvalue weighted by atomic mass is 32.2. The molecule has 0 bridgehead atoms. The van der Waals surface area contributed by atoms with E-state index in [0.29, 0.717) is 27.7 Å². The molecule has 0 aromatic heterocycles. The van der Waals surface area contributed by atoms with Crippen molar-refractivity contribution in [2.24, 2.45) is 17.8 Å². The number of unbranched alkanes of at least 4 members (excludes halogenated alkanes) is 1. The molecule has 6 rings (SSSR count). The summed E-state index contributed by atoms with van der Waals surface area (Å²) in [4.78, 5) is 41.8. The van der Waals surface area contributed by atoms with Crippen LogP contribution in [0.2, 0.25) is 0 Å². The van der Waals surface area contributed by atoms with Crippen LogP contribution in [0.25, 0.3) is 0 Å². The van der Waals surface area contributed by atoms with Gasteiger partial charge in [0.15, 0.2) is 11.6 Å². The van der Waals surface area contributed by atoms with E-state index >= 15 is 0 Å². The molecule has 42 heavy (non-hydrogen) atoms. The van der Waals surface area contributed by atoms with Crippen molar-refractivity contribution in [2.75, 3.05) is 5.73 Å². The van der Waals surface area contributed by atoms with Crippen LogP contribution in [-0.2, 0) is 10.5 Å². The second-order valence-electron chi connectivity index (χ2n) is 12.2. The Morgan fingerprint density at radius 2 is 1.64 bits per heavy atom. The third kappa shape index (κ3) is 5.54. The highest BCUT2D eigenvalue weighted by molar-refractivity contribution is 7.98. The Balaban J connectivity index is 1.28. The number of nitrogen functional groups attached to an aromatic ring is 1. The Bertz CT molecular complexity index is 1500. The van der Waals surface area contributed by atoms with E-state index in [0.717, 1.165) is 36.7 Å². The zero-order chi connectivity index (χ0) is 29.2. The second kappa shape index (κ2) is 12.5. The molecule has 2 fully saturated rings. The molecular weight excluding hydrogens is 542 g/mol. The first kappa shape index (κ1) is 28.7. The lowest BCUT2D eigenvalue weighted by Gasteiger charge is -2.43. The molecule has 3 aromatic rings. The van der Waals surface area contributed by atoms with Crippen LogP contribution in [0.4, 0.5) is 5.69 Å². The number of fused-ring (bicyclic) bond motifs is 3. The fourth-order valence-corrected chi connectivity index (χ4v) is 8.56. The second-order valence-corrected chi connectivity index (χ2v) is 13.2. The monoisotopic (exact) mass is 581 g/mol. The lowest BCUT2D eigenvalue weighted by Crippen LogP contribution is -2.37. The number of nitrogens with two attached hydrogens (primary N) is 1. The predicted molar refractivity (Wildman–Crippen MR) is 167 cm³/mol. The summed E-state index contributed by atoms with van der Waals surface area (Å²) >= 11 is 1.44. The summed E-state index contributed by atoms with van der Waals surface area (Å²) in [6.45, 7) is 2.26. The number of ether oxygens (including phenoxy) is 1. The number of thioether (sulfide) groups is 1. The van der Waals surface area contributed by atoms with E-state index in [2.05, 4.69) is 6.92 Å². The van der Waals surface area contributed by atoms with Gasteiger partial charge in [0.2, 0.25) is 0 Å². The molecule has 3 aliphatic rings. The fraction of sp³-hybridized carbons (Fsp3) is 0.417. The maximum atomic E-state index is 13.7. The highest BCUT2D eigenvalue weighted by Gasteiger charge is 2.40. The third-order valence-corrected chi connectivity index (χ3v) is 10.7. The lowest BCUT2D eigenvalue weighted by molar-refractivity contribution is -0.0131. The molecule has 0 aliphatic heterocycles. The van der Waals surface area contributed by atoms with Crippen molar-refractivity contribution in [3.8, 4) is 0 Å². The number of anilines is 1. The van der Waals surface area contributed by atoms with E-state index in [1.807, 2.05) is 30.3 Å². The molecule has 0 heterocycles. The van der Waals surface area contributed by atoms with Crippen LogP contribution in [0, 0.1) is 17.8 Å². The molecule has 0 saturated heterocycles. The number of esters is 1. The average Bonchev–Trinajstić information content (AvgIpc) is 3.02. The first-order valence-electron chi connectivity index (χ1n) is 15.5. The van der Waals surface area contributed by atoms with Gasteiger partial charge < -0.3 is 10.5 Å². The summed E-state index contributed by atoms with van der Waals surface area (Å²) in [6, 6.07) is 18.4. The zero-order valence-electron chi connectivity index (χ0n) is 24.3.